The van der Waals surface area contributed by atoms with Crippen LogP contribution >= 0.6 is 11.3 Å². The minimum Gasteiger partial charge on any atom is -0.468 e. The summed E-state index contributed by atoms with van der Waals surface area (Å²) in [6.07, 6.45) is 5.26. The van der Waals surface area contributed by atoms with Crippen molar-refractivity contribution in [2.45, 2.75) is 32.1 Å². The van der Waals surface area contributed by atoms with Gasteiger partial charge in [-0.2, -0.15) is 0 Å². The molecule has 1 aromatic rings. The Balaban J connectivity index is 1.75. The predicted octanol–water partition coefficient (Wildman–Crippen LogP) is 2.06. The number of likely N-dealkylation sites (tertiary alicyclic amines) is 1. The first-order valence-corrected chi connectivity index (χ1v) is 9.61. The van der Waals surface area contributed by atoms with E-state index in [0.717, 1.165) is 25.7 Å². The first-order valence-electron chi connectivity index (χ1n) is 8.73. The fourth-order valence-corrected chi connectivity index (χ4v) is 4.85. The molecule has 2 fully saturated rings. The zero-order valence-corrected chi connectivity index (χ0v) is 15.3. The van der Waals surface area contributed by atoms with E-state index < -0.39 is 5.97 Å². The summed E-state index contributed by atoms with van der Waals surface area (Å²) >= 11 is 1.43. The Morgan fingerprint density at radius 2 is 2.08 bits per heavy atom. The standard InChI is InChI=1S/C18H24N2O4S/c1-24-15(21)10-19-16(22)13-11-20(17(23)14-6-5-9-25-14)12-18(13)7-3-2-4-8-18/h5-6,9,13H,2-4,7-8,10-12H2,1H3,(H,19,22)/t13-/m0/s1. The number of methoxy groups -OCH3 is 1. The highest BCUT2D eigenvalue weighted by Gasteiger charge is 2.51. The van der Waals surface area contributed by atoms with Crippen molar-refractivity contribution in [3.63, 3.8) is 0 Å². The van der Waals surface area contributed by atoms with Gasteiger partial charge in [0.25, 0.3) is 5.91 Å². The maximum atomic E-state index is 12.7. The SMILES string of the molecule is COC(=O)CNC(=O)[C@@H]1CN(C(=O)c2cccs2)CC12CCCCC2. The Morgan fingerprint density at radius 3 is 2.72 bits per heavy atom. The number of ether oxygens (including phenoxy) is 1. The van der Waals surface area contributed by atoms with Crippen molar-refractivity contribution >= 4 is 29.1 Å². The zero-order chi connectivity index (χ0) is 17.9. The van der Waals surface area contributed by atoms with Gasteiger partial charge in [-0.3, -0.25) is 14.4 Å². The van der Waals surface area contributed by atoms with Gasteiger partial charge in [-0.05, 0) is 24.3 Å². The van der Waals surface area contributed by atoms with Crippen molar-refractivity contribution in [1.82, 2.24) is 10.2 Å². The van der Waals surface area contributed by atoms with E-state index in [0.29, 0.717) is 18.0 Å². The van der Waals surface area contributed by atoms with Crippen LogP contribution in [0.2, 0.25) is 0 Å². The number of amides is 2. The molecule has 136 valence electrons. The van der Waals surface area contributed by atoms with Gasteiger partial charge in [0.05, 0.1) is 17.9 Å². The Bertz CT molecular complexity index is 638. The van der Waals surface area contributed by atoms with Crippen LogP contribution in [0, 0.1) is 11.3 Å². The summed E-state index contributed by atoms with van der Waals surface area (Å²) in [6, 6.07) is 3.69. The van der Waals surface area contributed by atoms with Crippen LogP contribution in [0.25, 0.3) is 0 Å². The molecule has 0 radical (unpaired) electrons. The van der Waals surface area contributed by atoms with E-state index in [2.05, 4.69) is 10.1 Å². The Kier molecular flexibility index (Phi) is 5.42. The topological polar surface area (TPSA) is 75.7 Å². The molecule has 2 amide bonds. The second-order valence-corrected chi connectivity index (χ2v) is 7.88. The van der Waals surface area contributed by atoms with Crippen LogP contribution in [0.5, 0.6) is 0 Å². The molecule has 1 spiro atoms. The molecule has 0 aromatic carbocycles. The molecule has 25 heavy (non-hydrogen) atoms. The van der Waals surface area contributed by atoms with Crippen molar-refractivity contribution in [3.8, 4) is 0 Å². The van der Waals surface area contributed by atoms with Crippen LogP contribution < -0.4 is 5.32 Å². The maximum absolute atomic E-state index is 12.7. The Labute approximate surface area is 151 Å². The number of hydrogen-bond acceptors (Lipinski definition) is 5. The maximum Gasteiger partial charge on any atom is 0.325 e. The van der Waals surface area contributed by atoms with Crippen LogP contribution in [0.3, 0.4) is 0 Å². The molecular formula is C18H24N2O4S. The molecule has 1 aliphatic carbocycles. The average Bonchev–Trinajstić information content (AvgIpc) is 3.28. The van der Waals surface area contributed by atoms with Gasteiger partial charge in [0.15, 0.2) is 0 Å². The van der Waals surface area contributed by atoms with Gasteiger partial charge >= 0.3 is 5.97 Å². The summed E-state index contributed by atoms with van der Waals surface area (Å²) < 4.78 is 4.59. The lowest BCUT2D eigenvalue weighted by atomic mass is 9.67. The number of hydrogen-bond donors (Lipinski definition) is 1. The fourth-order valence-electron chi connectivity index (χ4n) is 4.16. The van der Waals surface area contributed by atoms with Crippen LogP contribution in [-0.2, 0) is 14.3 Å². The third-order valence-corrected chi connectivity index (χ3v) is 6.33. The average molecular weight is 364 g/mol. The monoisotopic (exact) mass is 364 g/mol. The number of esters is 1. The smallest absolute Gasteiger partial charge is 0.325 e. The third-order valence-electron chi connectivity index (χ3n) is 5.47. The summed E-state index contributed by atoms with van der Waals surface area (Å²) in [4.78, 5) is 39.3. The van der Waals surface area contributed by atoms with Crippen molar-refractivity contribution in [1.29, 1.82) is 0 Å². The Hall–Kier alpha value is -1.89. The number of carbonyl (C=O) groups is 3. The molecule has 1 atom stereocenters. The molecule has 1 N–H and O–H groups in total. The highest BCUT2D eigenvalue weighted by molar-refractivity contribution is 7.12. The van der Waals surface area contributed by atoms with Crippen LogP contribution in [0.4, 0.5) is 0 Å². The van der Waals surface area contributed by atoms with Crippen LogP contribution in [0.15, 0.2) is 17.5 Å². The van der Waals surface area contributed by atoms with E-state index in [1.165, 1.54) is 24.9 Å². The Morgan fingerprint density at radius 1 is 1.32 bits per heavy atom. The van der Waals surface area contributed by atoms with Crippen molar-refractivity contribution in [2.75, 3.05) is 26.7 Å². The minimum atomic E-state index is -0.462. The fraction of sp³-hybridized carbons (Fsp3) is 0.611. The van der Waals surface area contributed by atoms with Gasteiger partial charge in [-0.1, -0.05) is 25.3 Å². The summed E-state index contributed by atoms with van der Waals surface area (Å²) in [6.45, 7) is 0.921. The number of carbonyl (C=O) groups excluding carboxylic acids is 3. The second-order valence-electron chi connectivity index (χ2n) is 6.93. The van der Waals surface area contributed by atoms with Gasteiger partial charge in [-0.15, -0.1) is 11.3 Å². The van der Waals surface area contributed by atoms with Gasteiger partial charge in [0.1, 0.15) is 6.54 Å². The highest BCUT2D eigenvalue weighted by Crippen LogP contribution is 2.48. The number of rotatable bonds is 4. The van der Waals surface area contributed by atoms with Crippen molar-refractivity contribution in [3.05, 3.63) is 22.4 Å². The molecule has 0 bridgehead atoms. The molecule has 7 heteroatoms. The molecule has 1 aliphatic heterocycles. The number of thiophene rings is 1. The first kappa shape index (κ1) is 17.9. The number of nitrogens with zero attached hydrogens (tertiary/aromatic N) is 1. The molecule has 1 aromatic heterocycles. The van der Waals surface area contributed by atoms with Gasteiger partial charge in [0.2, 0.25) is 5.91 Å². The van der Waals surface area contributed by atoms with E-state index in [1.807, 2.05) is 22.4 Å². The lowest BCUT2D eigenvalue weighted by molar-refractivity contribution is -0.142. The second kappa shape index (κ2) is 7.56. The van der Waals surface area contributed by atoms with Gasteiger partial charge in [-0.25, -0.2) is 0 Å². The highest BCUT2D eigenvalue weighted by atomic mass is 32.1. The molecule has 0 unspecified atom stereocenters. The molecule has 2 aliphatic rings. The van der Waals surface area contributed by atoms with E-state index in [1.54, 1.807) is 0 Å². The number of nitrogens with one attached hydrogen (secondary N) is 1. The van der Waals surface area contributed by atoms with E-state index >= 15 is 0 Å². The largest absolute Gasteiger partial charge is 0.468 e. The lowest BCUT2D eigenvalue weighted by Crippen LogP contribution is -2.44. The van der Waals surface area contributed by atoms with E-state index in [9.17, 15) is 14.4 Å². The molecule has 3 rings (SSSR count). The molecule has 2 heterocycles. The van der Waals surface area contributed by atoms with Crippen LogP contribution in [0.1, 0.15) is 41.8 Å². The van der Waals surface area contributed by atoms with Crippen LogP contribution in [-0.4, -0.2) is 49.4 Å². The van der Waals surface area contributed by atoms with Gasteiger partial charge in [0, 0.05) is 18.5 Å². The van der Waals surface area contributed by atoms with Crippen molar-refractivity contribution in [2.24, 2.45) is 11.3 Å². The summed E-state index contributed by atoms with van der Waals surface area (Å²) in [5.74, 6) is -0.867. The molecular weight excluding hydrogens is 340 g/mol. The summed E-state index contributed by atoms with van der Waals surface area (Å²) in [5.41, 5.74) is -0.161. The van der Waals surface area contributed by atoms with Crippen molar-refractivity contribution < 1.29 is 19.1 Å². The first-order chi connectivity index (χ1) is 12.1. The molecule has 6 nitrogen and oxygen atoms in total. The summed E-state index contributed by atoms with van der Waals surface area (Å²) in [7, 11) is 1.30. The summed E-state index contributed by atoms with van der Waals surface area (Å²) in [5, 5.41) is 4.58. The molecule has 1 saturated heterocycles. The normalized spacial score (nSPS) is 22.0. The van der Waals surface area contributed by atoms with Gasteiger partial charge < -0.3 is 15.0 Å². The predicted molar refractivity (Wildman–Crippen MR) is 94.3 cm³/mol. The van der Waals surface area contributed by atoms with E-state index in [4.69, 9.17) is 0 Å². The van der Waals surface area contributed by atoms with E-state index in [-0.39, 0.29) is 29.7 Å². The zero-order valence-electron chi connectivity index (χ0n) is 14.5. The lowest BCUT2D eigenvalue weighted by Gasteiger charge is -2.37. The quantitative estimate of drug-likeness (QED) is 0.830. The minimum absolute atomic E-state index is 0.00298. The molecule has 1 saturated carbocycles. The third kappa shape index (κ3) is 3.71.